The van der Waals surface area contributed by atoms with Gasteiger partial charge in [-0.3, -0.25) is 0 Å². The monoisotopic (exact) mass is 422 g/mol. The summed E-state index contributed by atoms with van der Waals surface area (Å²) in [5.74, 6) is 5.14. The van der Waals surface area contributed by atoms with E-state index in [4.69, 9.17) is 0 Å². The minimum Gasteiger partial charge on any atom is -0.0884 e. The molecule has 0 radical (unpaired) electrons. The first-order valence-electron chi connectivity index (χ1n) is 14.6. The lowest BCUT2D eigenvalue weighted by atomic mass is 9.33. The van der Waals surface area contributed by atoms with Crippen LogP contribution >= 0.6 is 0 Å². The molecule has 0 heterocycles. The van der Waals surface area contributed by atoms with Crippen molar-refractivity contribution in [1.29, 1.82) is 0 Å². The van der Waals surface area contributed by atoms with Gasteiger partial charge in [0.2, 0.25) is 0 Å². The van der Waals surface area contributed by atoms with E-state index in [1.807, 2.05) is 0 Å². The predicted octanol–water partition coefficient (Wildman–Crippen LogP) is 9.34. The molecule has 3 unspecified atom stereocenters. The minimum absolute atomic E-state index is 0.594. The first kappa shape index (κ1) is 21.3. The molecule has 0 bridgehead atoms. The third-order valence-electron chi connectivity index (χ3n) is 13.5. The topological polar surface area (TPSA) is 0 Å². The van der Waals surface area contributed by atoms with Crippen molar-refractivity contribution in [3.8, 4) is 0 Å². The summed E-state index contributed by atoms with van der Waals surface area (Å²) in [6.07, 6.45) is 27.5. The standard InChI is InChI=1S/C31H50/c1-5-22(3)25-9-7-10-26-24-13-18-30(6-2)21-29(15-8-16-29)19-20-31(30,23-11-12-23)27(24)14-17-28(25,26)4/h5,23-27H,6-21H2,1-4H3/t24-,25?,26-,27-,28?,30?,31-/m0/s1. The molecule has 6 aliphatic rings. The van der Waals surface area contributed by atoms with E-state index in [-0.39, 0.29) is 0 Å². The van der Waals surface area contributed by atoms with Crippen LogP contribution in [0.3, 0.4) is 0 Å². The molecular weight excluding hydrogens is 372 g/mol. The second kappa shape index (κ2) is 7.12. The van der Waals surface area contributed by atoms with Gasteiger partial charge in [-0.05, 0) is 155 Å². The molecular formula is C31H50. The predicted molar refractivity (Wildman–Crippen MR) is 132 cm³/mol. The number of hydrogen-bond donors (Lipinski definition) is 0. The van der Waals surface area contributed by atoms with Crippen molar-refractivity contribution >= 4 is 0 Å². The second-order valence-electron chi connectivity index (χ2n) is 14.0. The van der Waals surface area contributed by atoms with Crippen LogP contribution in [0, 0.1) is 51.2 Å². The van der Waals surface area contributed by atoms with E-state index in [0.29, 0.717) is 5.41 Å². The summed E-state index contributed by atoms with van der Waals surface area (Å²) < 4.78 is 0. The molecule has 6 rings (SSSR count). The van der Waals surface area contributed by atoms with Crippen molar-refractivity contribution in [1.82, 2.24) is 0 Å². The van der Waals surface area contributed by atoms with Crippen molar-refractivity contribution in [3.05, 3.63) is 11.6 Å². The lowest BCUT2D eigenvalue weighted by Crippen LogP contribution is -2.63. The van der Waals surface area contributed by atoms with Gasteiger partial charge in [-0.25, -0.2) is 0 Å². The number of rotatable bonds is 3. The van der Waals surface area contributed by atoms with E-state index in [2.05, 4.69) is 33.8 Å². The summed E-state index contributed by atoms with van der Waals surface area (Å²) >= 11 is 0. The Morgan fingerprint density at radius 3 is 2.29 bits per heavy atom. The third kappa shape index (κ3) is 2.72. The van der Waals surface area contributed by atoms with E-state index in [9.17, 15) is 0 Å². The molecule has 0 saturated heterocycles. The normalized spacial score (nSPS) is 51.4. The van der Waals surface area contributed by atoms with Crippen LogP contribution in [0.1, 0.15) is 130 Å². The van der Waals surface area contributed by atoms with E-state index in [0.717, 1.165) is 45.8 Å². The first-order chi connectivity index (χ1) is 14.9. The molecule has 6 fully saturated rings. The number of allylic oxidation sites excluding steroid dienone is 2. The fraction of sp³-hybridized carbons (Fsp3) is 0.935. The van der Waals surface area contributed by atoms with Gasteiger partial charge < -0.3 is 0 Å². The molecule has 0 amide bonds. The Labute approximate surface area is 193 Å². The first-order valence-corrected chi connectivity index (χ1v) is 14.6. The summed E-state index contributed by atoms with van der Waals surface area (Å²) in [4.78, 5) is 0. The summed E-state index contributed by atoms with van der Waals surface area (Å²) in [6.45, 7) is 10.1. The highest BCUT2D eigenvalue weighted by Crippen LogP contribution is 2.79. The number of hydrogen-bond acceptors (Lipinski definition) is 0. The van der Waals surface area contributed by atoms with Gasteiger partial charge in [0.15, 0.2) is 0 Å². The van der Waals surface area contributed by atoms with Crippen LogP contribution in [0.25, 0.3) is 0 Å². The van der Waals surface area contributed by atoms with Crippen molar-refractivity contribution in [3.63, 3.8) is 0 Å². The van der Waals surface area contributed by atoms with Crippen LogP contribution in [-0.2, 0) is 0 Å². The lowest BCUT2D eigenvalue weighted by Gasteiger charge is -2.71. The summed E-state index contributed by atoms with van der Waals surface area (Å²) in [7, 11) is 0. The van der Waals surface area contributed by atoms with Crippen LogP contribution in [0.2, 0.25) is 0 Å². The highest BCUT2D eigenvalue weighted by molar-refractivity contribution is 5.21. The second-order valence-corrected chi connectivity index (χ2v) is 14.0. The van der Waals surface area contributed by atoms with Crippen LogP contribution < -0.4 is 0 Å². The smallest absolute Gasteiger partial charge is 0.0149 e. The Balaban J connectivity index is 1.38. The molecule has 0 N–H and O–H groups in total. The molecule has 1 spiro atoms. The van der Waals surface area contributed by atoms with E-state index in [1.165, 1.54) is 32.1 Å². The van der Waals surface area contributed by atoms with Gasteiger partial charge in [0.25, 0.3) is 0 Å². The van der Waals surface area contributed by atoms with Crippen LogP contribution in [0.15, 0.2) is 11.6 Å². The highest BCUT2D eigenvalue weighted by atomic mass is 14.7. The van der Waals surface area contributed by atoms with Gasteiger partial charge in [-0.2, -0.15) is 0 Å². The molecule has 7 atom stereocenters. The van der Waals surface area contributed by atoms with E-state index < -0.39 is 0 Å². The van der Waals surface area contributed by atoms with Gasteiger partial charge in [-0.15, -0.1) is 0 Å². The Kier molecular flexibility index (Phi) is 4.89. The summed E-state index contributed by atoms with van der Waals surface area (Å²) in [6, 6.07) is 0. The van der Waals surface area contributed by atoms with Crippen molar-refractivity contribution in [2.45, 2.75) is 130 Å². The molecule has 0 aromatic heterocycles. The zero-order valence-corrected chi connectivity index (χ0v) is 21.3. The van der Waals surface area contributed by atoms with Crippen LogP contribution in [0.5, 0.6) is 0 Å². The Hall–Kier alpha value is -0.260. The molecule has 0 aliphatic heterocycles. The average Bonchev–Trinajstić information content (AvgIpc) is 3.61. The fourth-order valence-electron chi connectivity index (χ4n) is 11.8. The largest absolute Gasteiger partial charge is 0.0884 e. The SMILES string of the molecule is CC=C(C)C1CCC[C@H]2[C@@H]3CCC4(CC)CC5(CCC5)CC[C@]4(C4CC4)[C@H]3CCC12C. The maximum atomic E-state index is 2.75. The molecule has 0 nitrogen and oxygen atoms in total. The van der Waals surface area contributed by atoms with Gasteiger partial charge in [0.05, 0.1) is 0 Å². The zero-order chi connectivity index (χ0) is 21.5. The Morgan fingerprint density at radius 1 is 0.839 bits per heavy atom. The highest BCUT2D eigenvalue weighted by Gasteiger charge is 2.70. The average molecular weight is 423 g/mol. The molecule has 0 heteroatoms. The van der Waals surface area contributed by atoms with E-state index >= 15 is 0 Å². The van der Waals surface area contributed by atoms with Crippen LogP contribution in [-0.4, -0.2) is 0 Å². The van der Waals surface area contributed by atoms with Gasteiger partial charge in [-0.1, -0.05) is 38.3 Å². The van der Waals surface area contributed by atoms with Crippen molar-refractivity contribution < 1.29 is 0 Å². The summed E-state index contributed by atoms with van der Waals surface area (Å²) in [5, 5.41) is 0. The maximum absolute atomic E-state index is 2.75. The fourth-order valence-corrected chi connectivity index (χ4v) is 11.8. The zero-order valence-electron chi connectivity index (χ0n) is 21.3. The van der Waals surface area contributed by atoms with Gasteiger partial charge >= 0.3 is 0 Å². The number of fused-ring (bicyclic) bond motifs is 5. The van der Waals surface area contributed by atoms with Gasteiger partial charge in [0.1, 0.15) is 0 Å². The minimum atomic E-state index is 0.594. The van der Waals surface area contributed by atoms with Crippen molar-refractivity contribution in [2.75, 3.05) is 0 Å². The molecule has 0 aromatic rings. The quantitative estimate of drug-likeness (QED) is 0.397. The third-order valence-corrected chi connectivity index (χ3v) is 13.5. The van der Waals surface area contributed by atoms with Crippen LogP contribution in [0.4, 0.5) is 0 Å². The molecule has 0 aromatic carbocycles. The molecule has 174 valence electrons. The molecule has 6 saturated carbocycles. The molecule has 6 aliphatic carbocycles. The van der Waals surface area contributed by atoms with Crippen molar-refractivity contribution in [2.24, 2.45) is 51.2 Å². The Bertz CT molecular complexity index is 737. The Morgan fingerprint density at radius 2 is 1.65 bits per heavy atom. The molecule has 31 heavy (non-hydrogen) atoms. The lowest BCUT2D eigenvalue weighted by molar-refractivity contribution is -0.222. The van der Waals surface area contributed by atoms with E-state index in [1.54, 1.807) is 76.2 Å². The van der Waals surface area contributed by atoms with Gasteiger partial charge in [0, 0.05) is 0 Å². The maximum Gasteiger partial charge on any atom is -0.0149 e. The summed E-state index contributed by atoms with van der Waals surface area (Å²) in [5.41, 5.74) is 4.57.